The van der Waals surface area contributed by atoms with Crippen LogP contribution in [-0.2, 0) is 9.53 Å². The molecule has 0 aliphatic carbocycles. The molecular formula is C7H13BrO2. The van der Waals surface area contributed by atoms with E-state index >= 15 is 0 Å². The van der Waals surface area contributed by atoms with Gasteiger partial charge in [0.25, 0.3) is 0 Å². The van der Waals surface area contributed by atoms with Crippen molar-refractivity contribution in [3.8, 4) is 0 Å². The van der Waals surface area contributed by atoms with E-state index in [-0.39, 0.29) is 10.3 Å². The molecule has 0 spiro atoms. The highest BCUT2D eigenvalue weighted by atomic mass is 79.9. The van der Waals surface area contributed by atoms with Crippen molar-refractivity contribution in [2.24, 2.45) is 0 Å². The number of esters is 1. The zero-order valence-corrected chi connectivity index (χ0v) is 8.19. The number of hydrogen-bond donors (Lipinski definition) is 0. The summed E-state index contributed by atoms with van der Waals surface area (Å²) in [5.41, 5.74) is 0. The van der Waals surface area contributed by atoms with Crippen LogP contribution in [-0.4, -0.2) is 17.4 Å². The van der Waals surface area contributed by atoms with Gasteiger partial charge in [0.05, 0.1) is 7.11 Å². The molecule has 60 valence electrons. The van der Waals surface area contributed by atoms with E-state index < -0.39 is 0 Å². The van der Waals surface area contributed by atoms with Gasteiger partial charge in [-0.3, -0.25) is 4.79 Å². The van der Waals surface area contributed by atoms with Crippen LogP contribution in [0.25, 0.3) is 0 Å². The minimum atomic E-state index is -0.146. The van der Waals surface area contributed by atoms with E-state index in [0.29, 0.717) is 6.42 Å². The van der Waals surface area contributed by atoms with Gasteiger partial charge in [0, 0.05) is 10.7 Å². The van der Waals surface area contributed by atoms with Crippen molar-refractivity contribution >= 4 is 21.9 Å². The number of alkyl halides is 1. The quantitative estimate of drug-likeness (QED) is 0.525. The second kappa shape index (κ2) is 3.96. The van der Waals surface area contributed by atoms with E-state index in [2.05, 4.69) is 20.7 Å². The Morgan fingerprint density at radius 1 is 1.60 bits per heavy atom. The highest BCUT2D eigenvalue weighted by Crippen LogP contribution is 2.21. The SMILES string of the molecule is COC(=O)CCC(C)(C)Br. The van der Waals surface area contributed by atoms with Crippen LogP contribution in [0.4, 0.5) is 0 Å². The van der Waals surface area contributed by atoms with Crippen molar-refractivity contribution < 1.29 is 9.53 Å². The number of halogens is 1. The van der Waals surface area contributed by atoms with E-state index in [9.17, 15) is 4.79 Å². The second-order valence-electron chi connectivity index (χ2n) is 2.79. The smallest absolute Gasteiger partial charge is 0.305 e. The van der Waals surface area contributed by atoms with Crippen LogP contribution in [0.3, 0.4) is 0 Å². The van der Waals surface area contributed by atoms with Gasteiger partial charge >= 0.3 is 5.97 Å². The summed E-state index contributed by atoms with van der Waals surface area (Å²) in [6, 6.07) is 0. The lowest BCUT2D eigenvalue weighted by Crippen LogP contribution is -2.12. The van der Waals surface area contributed by atoms with E-state index in [1.54, 1.807) is 0 Å². The third kappa shape index (κ3) is 6.08. The summed E-state index contributed by atoms with van der Waals surface area (Å²) in [6.45, 7) is 4.05. The predicted octanol–water partition coefficient (Wildman–Crippen LogP) is 2.11. The molecule has 0 saturated heterocycles. The molecule has 0 aliphatic heterocycles. The zero-order valence-electron chi connectivity index (χ0n) is 6.61. The van der Waals surface area contributed by atoms with Gasteiger partial charge in [0.1, 0.15) is 0 Å². The largest absolute Gasteiger partial charge is 0.469 e. The van der Waals surface area contributed by atoms with E-state index in [0.717, 1.165) is 6.42 Å². The van der Waals surface area contributed by atoms with Crippen LogP contribution in [0.5, 0.6) is 0 Å². The normalized spacial score (nSPS) is 11.2. The maximum Gasteiger partial charge on any atom is 0.305 e. The van der Waals surface area contributed by atoms with E-state index in [4.69, 9.17) is 0 Å². The Morgan fingerprint density at radius 2 is 2.10 bits per heavy atom. The molecule has 0 aromatic heterocycles. The number of hydrogen-bond acceptors (Lipinski definition) is 2. The maximum atomic E-state index is 10.6. The fourth-order valence-electron chi connectivity index (χ4n) is 0.501. The first-order valence-corrected chi connectivity index (χ1v) is 4.01. The molecule has 0 amide bonds. The van der Waals surface area contributed by atoms with Crippen molar-refractivity contribution in [2.75, 3.05) is 7.11 Å². The lowest BCUT2D eigenvalue weighted by atomic mass is 10.1. The van der Waals surface area contributed by atoms with Crippen LogP contribution in [0.15, 0.2) is 0 Å². The summed E-state index contributed by atoms with van der Waals surface area (Å²) in [6.07, 6.45) is 1.29. The Balaban J connectivity index is 3.46. The van der Waals surface area contributed by atoms with E-state index in [1.807, 2.05) is 13.8 Å². The van der Waals surface area contributed by atoms with Crippen LogP contribution < -0.4 is 0 Å². The van der Waals surface area contributed by atoms with E-state index in [1.165, 1.54) is 7.11 Å². The minimum Gasteiger partial charge on any atom is -0.469 e. The summed E-state index contributed by atoms with van der Waals surface area (Å²) >= 11 is 3.43. The summed E-state index contributed by atoms with van der Waals surface area (Å²) < 4.78 is 4.53. The molecule has 10 heavy (non-hydrogen) atoms. The standard InChI is InChI=1S/C7H13BrO2/c1-7(2,8)5-4-6(9)10-3/h4-5H2,1-3H3. The van der Waals surface area contributed by atoms with Crippen molar-refractivity contribution in [3.05, 3.63) is 0 Å². The van der Waals surface area contributed by atoms with Gasteiger partial charge < -0.3 is 4.74 Å². The van der Waals surface area contributed by atoms with Gasteiger partial charge in [-0.25, -0.2) is 0 Å². The summed E-state index contributed by atoms with van der Waals surface area (Å²) in [5.74, 6) is -0.146. The van der Waals surface area contributed by atoms with Gasteiger partial charge in [0.15, 0.2) is 0 Å². The topological polar surface area (TPSA) is 26.3 Å². The highest BCUT2D eigenvalue weighted by Gasteiger charge is 2.14. The van der Waals surface area contributed by atoms with Gasteiger partial charge in [-0.1, -0.05) is 29.8 Å². The fraction of sp³-hybridized carbons (Fsp3) is 0.857. The second-order valence-corrected chi connectivity index (χ2v) is 4.94. The first-order chi connectivity index (χ1) is 4.45. The van der Waals surface area contributed by atoms with Crippen LogP contribution >= 0.6 is 15.9 Å². The number of ether oxygens (including phenoxy) is 1. The molecule has 0 aromatic carbocycles. The molecule has 0 aromatic rings. The van der Waals surface area contributed by atoms with Crippen LogP contribution in [0.2, 0.25) is 0 Å². The number of carbonyl (C=O) groups is 1. The average molecular weight is 209 g/mol. The van der Waals surface area contributed by atoms with Gasteiger partial charge in [0.2, 0.25) is 0 Å². The molecule has 0 bridgehead atoms. The maximum absolute atomic E-state index is 10.6. The molecule has 0 unspecified atom stereocenters. The Hall–Kier alpha value is -0.0500. The van der Waals surface area contributed by atoms with Gasteiger partial charge in [-0.05, 0) is 6.42 Å². The van der Waals surface area contributed by atoms with Gasteiger partial charge in [-0.15, -0.1) is 0 Å². The van der Waals surface area contributed by atoms with Gasteiger partial charge in [-0.2, -0.15) is 0 Å². The number of methoxy groups -OCH3 is 1. The molecule has 0 atom stereocenters. The van der Waals surface area contributed by atoms with Crippen molar-refractivity contribution in [3.63, 3.8) is 0 Å². The Labute approximate surface area is 70.1 Å². The van der Waals surface area contributed by atoms with Crippen molar-refractivity contribution in [2.45, 2.75) is 31.0 Å². The monoisotopic (exact) mass is 208 g/mol. The highest BCUT2D eigenvalue weighted by molar-refractivity contribution is 9.10. The molecule has 3 heteroatoms. The molecule has 0 heterocycles. The molecule has 0 N–H and O–H groups in total. The predicted molar refractivity (Wildman–Crippen MR) is 44.3 cm³/mol. The molecule has 2 nitrogen and oxygen atoms in total. The minimum absolute atomic E-state index is 0.0428. The number of carbonyl (C=O) groups excluding carboxylic acids is 1. The first kappa shape index (κ1) is 9.95. The Bertz CT molecular complexity index is 115. The summed E-state index contributed by atoms with van der Waals surface area (Å²) in [7, 11) is 1.41. The zero-order chi connectivity index (χ0) is 8.20. The Kier molecular flexibility index (Phi) is 3.94. The van der Waals surface area contributed by atoms with Crippen LogP contribution in [0.1, 0.15) is 26.7 Å². The van der Waals surface area contributed by atoms with Crippen molar-refractivity contribution in [1.82, 2.24) is 0 Å². The third-order valence-electron chi connectivity index (χ3n) is 1.15. The first-order valence-electron chi connectivity index (χ1n) is 3.21. The molecule has 0 saturated carbocycles. The molecule has 0 rings (SSSR count). The molecular weight excluding hydrogens is 196 g/mol. The average Bonchev–Trinajstić information content (AvgIpc) is 1.81. The molecule has 0 aliphatic rings. The van der Waals surface area contributed by atoms with Crippen LogP contribution in [0, 0.1) is 0 Å². The Morgan fingerprint density at radius 3 is 2.40 bits per heavy atom. The molecule has 0 radical (unpaired) electrons. The third-order valence-corrected chi connectivity index (χ3v) is 1.55. The number of rotatable bonds is 3. The fourth-order valence-corrected chi connectivity index (χ4v) is 0.700. The van der Waals surface area contributed by atoms with Crippen molar-refractivity contribution in [1.29, 1.82) is 0 Å². The summed E-state index contributed by atoms with van der Waals surface area (Å²) in [4.78, 5) is 10.6. The molecule has 0 fully saturated rings. The summed E-state index contributed by atoms with van der Waals surface area (Å²) in [5, 5.41) is 0. The lowest BCUT2D eigenvalue weighted by Gasteiger charge is -2.13. The lowest BCUT2D eigenvalue weighted by molar-refractivity contribution is -0.140.